The Morgan fingerprint density at radius 2 is 2.05 bits per heavy atom. The smallest absolute Gasteiger partial charge is 0.250 e. The molecule has 0 bridgehead atoms. The summed E-state index contributed by atoms with van der Waals surface area (Å²) in [6.07, 6.45) is 1.98. The van der Waals surface area contributed by atoms with Crippen LogP contribution >= 0.6 is 27.3 Å². The summed E-state index contributed by atoms with van der Waals surface area (Å²) in [6.45, 7) is 3.02. The molecule has 1 N–H and O–H groups in total. The number of carbonyl (C=O) groups is 1. The Bertz CT molecular complexity index is 564. The lowest BCUT2D eigenvalue weighted by Gasteiger charge is -2.20. The first-order valence-electron chi connectivity index (χ1n) is 5.96. The molecule has 2 heterocycles. The summed E-state index contributed by atoms with van der Waals surface area (Å²) >= 11 is 4.35. The van der Waals surface area contributed by atoms with Crippen molar-refractivity contribution in [1.82, 2.24) is 9.62 Å². The predicted molar refractivity (Wildman–Crippen MR) is 77.6 cm³/mol. The molecule has 5 nitrogen and oxygen atoms in total. The second-order valence-corrected chi connectivity index (χ2v) is 8.84. The van der Waals surface area contributed by atoms with E-state index >= 15 is 0 Å². The summed E-state index contributed by atoms with van der Waals surface area (Å²) in [5.74, 6) is -0.156. The van der Waals surface area contributed by atoms with Crippen LogP contribution in [0.5, 0.6) is 0 Å². The Labute approximate surface area is 125 Å². The molecule has 1 atom stereocenters. The number of hydrogen-bond donors (Lipinski definition) is 1. The van der Waals surface area contributed by atoms with Crippen molar-refractivity contribution in [1.29, 1.82) is 0 Å². The van der Waals surface area contributed by atoms with Gasteiger partial charge in [0.05, 0.1) is 9.83 Å². The summed E-state index contributed by atoms with van der Waals surface area (Å²) in [7, 11) is -3.62. The minimum absolute atomic E-state index is 0.156. The van der Waals surface area contributed by atoms with Gasteiger partial charge in [-0.2, -0.15) is 4.72 Å². The number of likely N-dealkylation sites (tertiary alicyclic amines) is 1. The molecule has 1 aromatic heterocycles. The highest BCUT2D eigenvalue weighted by atomic mass is 79.9. The van der Waals surface area contributed by atoms with Crippen LogP contribution in [0.25, 0.3) is 0 Å². The van der Waals surface area contributed by atoms with Crippen LogP contribution < -0.4 is 4.72 Å². The van der Waals surface area contributed by atoms with E-state index in [2.05, 4.69) is 20.7 Å². The van der Waals surface area contributed by atoms with Crippen LogP contribution in [0.15, 0.2) is 20.1 Å². The standard InChI is InChI=1S/C11H15BrN2O3S2/c1-8(11(15)14-6-2-3-7-14)13-19(16,17)10-5-4-9(12)18-10/h4-5,8,13H,2-3,6-7H2,1H3/t8-/m1/s1. The highest BCUT2D eigenvalue weighted by Gasteiger charge is 2.27. The number of sulfonamides is 1. The summed E-state index contributed by atoms with van der Waals surface area (Å²) in [4.78, 5) is 13.8. The molecule has 1 aliphatic rings. The second-order valence-electron chi connectivity index (χ2n) is 4.43. The lowest BCUT2D eigenvalue weighted by atomic mass is 10.3. The monoisotopic (exact) mass is 366 g/mol. The Kier molecular flexibility index (Phi) is 4.65. The lowest BCUT2D eigenvalue weighted by molar-refractivity contribution is -0.131. The number of rotatable bonds is 4. The van der Waals surface area contributed by atoms with E-state index in [1.807, 2.05) is 0 Å². The maximum atomic E-state index is 12.1. The van der Waals surface area contributed by atoms with Crippen LogP contribution in [0.3, 0.4) is 0 Å². The molecule has 106 valence electrons. The fraction of sp³-hybridized carbons (Fsp3) is 0.545. The van der Waals surface area contributed by atoms with Crippen LogP contribution in [-0.2, 0) is 14.8 Å². The van der Waals surface area contributed by atoms with Crippen molar-refractivity contribution in [3.05, 3.63) is 15.9 Å². The zero-order chi connectivity index (χ0) is 14.0. The molecule has 0 aromatic carbocycles. The highest BCUT2D eigenvalue weighted by Crippen LogP contribution is 2.26. The molecule has 8 heteroatoms. The number of halogens is 1. The normalized spacial score (nSPS) is 17.7. The van der Waals surface area contributed by atoms with Gasteiger partial charge in [-0.1, -0.05) is 0 Å². The Balaban J connectivity index is 2.05. The number of carbonyl (C=O) groups excluding carboxylic acids is 1. The van der Waals surface area contributed by atoms with Gasteiger partial charge in [0, 0.05) is 13.1 Å². The Morgan fingerprint density at radius 1 is 1.42 bits per heavy atom. The average molecular weight is 367 g/mol. The summed E-state index contributed by atoms with van der Waals surface area (Å²) in [5.41, 5.74) is 0. The molecule has 19 heavy (non-hydrogen) atoms. The Morgan fingerprint density at radius 3 is 2.58 bits per heavy atom. The lowest BCUT2D eigenvalue weighted by Crippen LogP contribution is -2.45. The van der Waals surface area contributed by atoms with Crippen molar-refractivity contribution in [3.63, 3.8) is 0 Å². The molecule has 1 fully saturated rings. The summed E-state index contributed by atoms with van der Waals surface area (Å²) in [6, 6.07) is 2.46. The van der Waals surface area contributed by atoms with Crippen molar-refractivity contribution in [2.24, 2.45) is 0 Å². The zero-order valence-electron chi connectivity index (χ0n) is 10.4. The van der Waals surface area contributed by atoms with Crippen LogP contribution in [0.4, 0.5) is 0 Å². The van der Waals surface area contributed by atoms with Crippen molar-refractivity contribution in [2.45, 2.75) is 30.0 Å². The van der Waals surface area contributed by atoms with Crippen molar-refractivity contribution >= 4 is 43.2 Å². The van der Waals surface area contributed by atoms with Crippen LogP contribution in [0.1, 0.15) is 19.8 Å². The van der Waals surface area contributed by atoms with Crippen molar-refractivity contribution < 1.29 is 13.2 Å². The molecule has 1 saturated heterocycles. The van der Waals surface area contributed by atoms with Gasteiger partial charge >= 0.3 is 0 Å². The fourth-order valence-corrected chi connectivity index (χ4v) is 5.22. The molecule has 0 aliphatic carbocycles. The molecule has 0 spiro atoms. The van der Waals surface area contributed by atoms with E-state index in [0.717, 1.165) is 41.1 Å². The minimum Gasteiger partial charge on any atom is -0.341 e. The van der Waals surface area contributed by atoms with Crippen LogP contribution in [0, 0.1) is 0 Å². The Hall–Kier alpha value is -0.440. The van der Waals surface area contributed by atoms with E-state index in [-0.39, 0.29) is 10.1 Å². The molecule has 1 amide bonds. The van der Waals surface area contributed by atoms with Gasteiger partial charge in [-0.15, -0.1) is 11.3 Å². The molecule has 0 radical (unpaired) electrons. The number of hydrogen-bond acceptors (Lipinski definition) is 4. The van der Waals surface area contributed by atoms with Crippen LogP contribution in [-0.4, -0.2) is 38.4 Å². The first-order chi connectivity index (χ1) is 8.90. The SMILES string of the molecule is C[C@@H](NS(=O)(=O)c1ccc(Br)s1)C(=O)N1CCCC1. The number of amides is 1. The molecular weight excluding hydrogens is 352 g/mol. The maximum absolute atomic E-state index is 12.1. The van der Waals surface area contributed by atoms with E-state index in [1.54, 1.807) is 17.9 Å². The van der Waals surface area contributed by atoms with Crippen molar-refractivity contribution in [3.8, 4) is 0 Å². The van der Waals surface area contributed by atoms with Gasteiger partial charge in [0.25, 0.3) is 10.0 Å². The van der Waals surface area contributed by atoms with Gasteiger partial charge in [0.15, 0.2) is 0 Å². The molecule has 0 saturated carbocycles. The van der Waals surface area contributed by atoms with E-state index in [9.17, 15) is 13.2 Å². The topological polar surface area (TPSA) is 66.5 Å². The van der Waals surface area contributed by atoms with Gasteiger partial charge in [0.2, 0.25) is 5.91 Å². The molecule has 0 unspecified atom stereocenters. The van der Waals surface area contributed by atoms with E-state index in [4.69, 9.17) is 0 Å². The van der Waals surface area contributed by atoms with Gasteiger partial charge in [0.1, 0.15) is 4.21 Å². The summed E-state index contributed by atoms with van der Waals surface area (Å²) in [5, 5.41) is 0. The van der Waals surface area contributed by atoms with Crippen LogP contribution in [0.2, 0.25) is 0 Å². The third-order valence-electron chi connectivity index (χ3n) is 2.93. The average Bonchev–Trinajstić information content (AvgIpc) is 2.97. The van der Waals surface area contributed by atoms with E-state index in [1.165, 1.54) is 6.07 Å². The quantitative estimate of drug-likeness (QED) is 0.883. The maximum Gasteiger partial charge on any atom is 0.250 e. The third kappa shape index (κ3) is 3.56. The molecule has 2 rings (SSSR count). The van der Waals surface area contributed by atoms with Gasteiger partial charge in [-0.3, -0.25) is 4.79 Å². The van der Waals surface area contributed by atoms with Gasteiger partial charge < -0.3 is 4.90 Å². The highest BCUT2D eigenvalue weighted by molar-refractivity contribution is 9.11. The van der Waals surface area contributed by atoms with Gasteiger partial charge in [-0.05, 0) is 47.8 Å². The number of thiophene rings is 1. The first-order valence-corrected chi connectivity index (χ1v) is 9.06. The van der Waals surface area contributed by atoms with Crippen molar-refractivity contribution in [2.75, 3.05) is 13.1 Å². The third-order valence-corrected chi connectivity index (χ3v) is 6.59. The van der Waals surface area contributed by atoms with E-state index < -0.39 is 16.1 Å². The first kappa shape index (κ1) is 15.0. The second kappa shape index (κ2) is 5.90. The fourth-order valence-electron chi connectivity index (χ4n) is 1.99. The predicted octanol–water partition coefficient (Wildman–Crippen LogP) is 1.80. The zero-order valence-corrected chi connectivity index (χ0v) is 13.6. The number of nitrogens with one attached hydrogen (secondary N) is 1. The van der Waals surface area contributed by atoms with Gasteiger partial charge in [-0.25, -0.2) is 8.42 Å². The molecule has 1 aliphatic heterocycles. The minimum atomic E-state index is -3.62. The molecular formula is C11H15BrN2O3S2. The van der Waals surface area contributed by atoms with E-state index in [0.29, 0.717) is 0 Å². The largest absolute Gasteiger partial charge is 0.341 e. The summed E-state index contributed by atoms with van der Waals surface area (Å²) < 4.78 is 27.5. The number of nitrogens with zero attached hydrogens (tertiary/aromatic N) is 1. The molecule has 1 aromatic rings.